The Balaban J connectivity index is 2.52. The predicted molar refractivity (Wildman–Crippen MR) is 56.0 cm³/mol. The van der Waals surface area contributed by atoms with Gasteiger partial charge in [0.1, 0.15) is 6.04 Å². The lowest BCUT2D eigenvalue weighted by molar-refractivity contribution is -0.140. The number of nitrogens with zero attached hydrogens (tertiary/aromatic N) is 1. The van der Waals surface area contributed by atoms with Crippen LogP contribution < -0.4 is 11.1 Å². The first-order valence-corrected chi connectivity index (χ1v) is 5.14. The first-order chi connectivity index (χ1) is 7.90. The number of aliphatic carboxylic acids is 1. The second-order valence-corrected chi connectivity index (χ2v) is 3.90. The van der Waals surface area contributed by atoms with Crippen molar-refractivity contribution in [3.8, 4) is 0 Å². The van der Waals surface area contributed by atoms with Gasteiger partial charge in [-0.25, -0.2) is 9.59 Å². The van der Waals surface area contributed by atoms with Gasteiger partial charge in [0.2, 0.25) is 5.91 Å². The minimum atomic E-state index is -1.34. The number of carboxylic acids is 1. The molecule has 0 aromatic heterocycles. The molecule has 1 unspecified atom stereocenters. The summed E-state index contributed by atoms with van der Waals surface area (Å²) < 4.78 is 0. The Morgan fingerprint density at radius 1 is 1.47 bits per heavy atom. The number of nitrogens with two attached hydrogens (primary N) is 1. The summed E-state index contributed by atoms with van der Waals surface area (Å²) in [6.07, 6.45) is -0.585. The highest BCUT2D eigenvalue weighted by molar-refractivity contribution is 5.87. The van der Waals surface area contributed by atoms with Gasteiger partial charge in [-0.15, -0.1) is 0 Å². The van der Waals surface area contributed by atoms with Crippen LogP contribution in [0.4, 0.5) is 4.79 Å². The number of aliphatic hydroxyl groups is 1. The maximum atomic E-state index is 11.6. The van der Waals surface area contributed by atoms with Crippen LogP contribution in [0.2, 0.25) is 0 Å². The predicted octanol–water partition coefficient (Wildman–Crippen LogP) is -1.91. The van der Waals surface area contributed by atoms with Crippen LogP contribution in [0.3, 0.4) is 0 Å². The van der Waals surface area contributed by atoms with Gasteiger partial charge in [-0.3, -0.25) is 4.79 Å². The molecule has 96 valence electrons. The highest BCUT2D eigenvalue weighted by Crippen LogP contribution is 2.09. The van der Waals surface area contributed by atoms with Crippen LogP contribution in [-0.4, -0.2) is 58.3 Å². The van der Waals surface area contributed by atoms with Gasteiger partial charge in [0.25, 0.3) is 0 Å². The second kappa shape index (κ2) is 5.48. The van der Waals surface area contributed by atoms with Crippen molar-refractivity contribution in [1.29, 1.82) is 0 Å². The van der Waals surface area contributed by atoms with Crippen LogP contribution in [0.25, 0.3) is 0 Å². The fourth-order valence-corrected chi connectivity index (χ4v) is 1.57. The Morgan fingerprint density at radius 3 is 2.53 bits per heavy atom. The number of hydrogen-bond donors (Lipinski definition) is 4. The molecule has 0 aromatic carbocycles. The molecule has 0 aliphatic carbocycles. The van der Waals surface area contributed by atoms with Gasteiger partial charge in [0.15, 0.2) is 0 Å². The lowest BCUT2D eigenvalue weighted by atomic mass is 10.2. The maximum absolute atomic E-state index is 11.6. The Labute approximate surface area is 97.4 Å². The summed E-state index contributed by atoms with van der Waals surface area (Å²) in [6.45, 7) is 0.519. The highest BCUT2D eigenvalue weighted by atomic mass is 16.4. The summed E-state index contributed by atoms with van der Waals surface area (Å²) >= 11 is 0. The molecule has 0 saturated carbocycles. The summed E-state index contributed by atoms with van der Waals surface area (Å²) in [4.78, 5) is 34.3. The van der Waals surface area contributed by atoms with Crippen molar-refractivity contribution in [3.05, 3.63) is 0 Å². The molecular weight excluding hydrogens is 230 g/mol. The van der Waals surface area contributed by atoms with E-state index in [1.54, 1.807) is 0 Å². The third kappa shape index (κ3) is 3.91. The molecule has 0 radical (unpaired) electrons. The SMILES string of the molecule is NC(=O)C[C@H](NC(=O)N1CCC(O)C1)C(=O)O. The first kappa shape index (κ1) is 13.2. The van der Waals surface area contributed by atoms with Crippen molar-refractivity contribution in [3.63, 3.8) is 0 Å². The van der Waals surface area contributed by atoms with Crippen LogP contribution in [0, 0.1) is 0 Å². The molecule has 1 saturated heterocycles. The molecule has 0 aromatic rings. The third-order valence-electron chi connectivity index (χ3n) is 2.45. The number of urea groups is 1. The Morgan fingerprint density at radius 2 is 2.12 bits per heavy atom. The topological polar surface area (TPSA) is 133 Å². The molecule has 0 spiro atoms. The number of β-amino-alcohol motifs (C(OH)–C–C–N with tert-alkyl or cyclic N) is 1. The molecule has 1 rings (SSSR count). The fourth-order valence-electron chi connectivity index (χ4n) is 1.57. The largest absolute Gasteiger partial charge is 0.480 e. The number of primary amides is 1. The van der Waals surface area contributed by atoms with E-state index < -0.39 is 36.5 Å². The van der Waals surface area contributed by atoms with Gasteiger partial charge in [-0.2, -0.15) is 0 Å². The molecule has 0 bridgehead atoms. The molecule has 17 heavy (non-hydrogen) atoms. The van der Waals surface area contributed by atoms with Crippen molar-refractivity contribution in [2.45, 2.75) is 25.0 Å². The van der Waals surface area contributed by atoms with Gasteiger partial charge in [-0.1, -0.05) is 0 Å². The van der Waals surface area contributed by atoms with E-state index in [1.165, 1.54) is 4.90 Å². The average Bonchev–Trinajstić information content (AvgIpc) is 2.63. The quantitative estimate of drug-likeness (QED) is 0.458. The molecule has 1 aliphatic heterocycles. The lowest BCUT2D eigenvalue weighted by Crippen LogP contribution is -2.48. The zero-order valence-electron chi connectivity index (χ0n) is 9.13. The summed E-state index contributed by atoms with van der Waals surface area (Å²) in [5, 5.41) is 20.2. The monoisotopic (exact) mass is 245 g/mol. The zero-order valence-corrected chi connectivity index (χ0v) is 9.13. The van der Waals surface area contributed by atoms with E-state index in [2.05, 4.69) is 5.32 Å². The maximum Gasteiger partial charge on any atom is 0.326 e. The molecule has 5 N–H and O–H groups in total. The number of rotatable bonds is 4. The third-order valence-corrected chi connectivity index (χ3v) is 2.45. The number of hydrogen-bond acceptors (Lipinski definition) is 4. The van der Waals surface area contributed by atoms with Gasteiger partial charge < -0.3 is 26.2 Å². The number of aliphatic hydroxyl groups excluding tert-OH is 1. The lowest BCUT2D eigenvalue weighted by Gasteiger charge is -2.19. The number of nitrogens with one attached hydrogen (secondary N) is 1. The van der Waals surface area contributed by atoms with E-state index in [-0.39, 0.29) is 6.54 Å². The summed E-state index contributed by atoms with van der Waals surface area (Å²) in [5.74, 6) is -2.13. The number of likely N-dealkylation sites (tertiary alicyclic amines) is 1. The van der Waals surface area contributed by atoms with Crippen LogP contribution in [0.15, 0.2) is 0 Å². The highest BCUT2D eigenvalue weighted by Gasteiger charge is 2.28. The van der Waals surface area contributed by atoms with E-state index >= 15 is 0 Å². The van der Waals surface area contributed by atoms with Gasteiger partial charge in [0.05, 0.1) is 12.5 Å². The van der Waals surface area contributed by atoms with Crippen molar-refractivity contribution in [1.82, 2.24) is 10.2 Å². The molecule has 8 nitrogen and oxygen atoms in total. The van der Waals surface area contributed by atoms with Crippen LogP contribution >= 0.6 is 0 Å². The van der Waals surface area contributed by atoms with Crippen molar-refractivity contribution in [2.24, 2.45) is 5.73 Å². The number of carboxylic acid groups (broad SMARTS) is 1. The van der Waals surface area contributed by atoms with Gasteiger partial charge >= 0.3 is 12.0 Å². The standard InChI is InChI=1S/C9H15N3O5/c10-7(14)3-6(8(15)16)11-9(17)12-2-1-5(13)4-12/h5-6,13H,1-4H2,(H2,10,14)(H,11,17)(H,15,16)/t5?,6-/m0/s1. The molecule has 1 heterocycles. The van der Waals surface area contributed by atoms with E-state index in [9.17, 15) is 19.5 Å². The minimum Gasteiger partial charge on any atom is -0.480 e. The second-order valence-electron chi connectivity index (χ2n) is 3.90. The molecule has 1 aliphatic rings. The Kier molecular flexibility index (Phi) is 4.27. The summed E-state index contributed by atoms with van der Waals surface area (Å²) in [6, 6.07) is -1.95. The average molecular weight is 245 g/mol. The molecule has 3 amide bonds. The molecule has 2 atom stereocenters. The number of carbonyl (C=O) groups excluding carboxylic acids is 2. The van der Waals surface area contributed by atoms with Crippen molar-refractivity contribution >= 4 is 17.9 Å². The zero-order chi connectivity index (χ0) is 13.0. The van der Waals surface area contributed by atoms with Gasteiger partial charge in [0, 0.05) is 13.1 Å². The van der Waals surface area contributed by atoms with Crippen LogP contribution in [-0.2, 0) is 9.59 Å². The van der Waals surface area contributed by atoms with E-state index in [0.29, 0.717) is 13.0 Å². The Hall–Kier alpha value is -1.83. The van der Waals surface area contributed by atoms with E-state index in [0.717, 1.165) is 0 Å². The van der Waals surface area contributed by atoms with E-state index in [4.69, 9.17) is 10.8 Å². The number of carbonyl (C=O) groups is 3. The van der Waals surface area contributed by atoms with Crippen LogP contribution in [0.5, 0.6) is 0 Å². The normalized spacial score (nSPS) is 21.0. The van der Waals surface area contributed by atoms with Crippen LogP contribution in [0.1, 0.15) is 12.8 Å². The van der Waals surface area contributed by atoms with Gasteiger partial charge in [-0.05, 0) is 6.42 Å². The first-order valence-electron chi connectivity index (χ1n) is 5.14. The fraction of sp³-hybridized carbons (Fsp3) is 0.667. The summed E-state index contributed by atoms with van der Waals surface area (Å²) in [5.41, 5.74) is 4.88. The molecule has 1 fully saturated rings. The summed E-state index contributed by atoms with van der Waals surface area (Å²) in [7, 11) is 0. The molecular formula is C9H15N3O5. The molecule has 8 heteroatoms. The minimum absolute atomic E-state index is 0.161. The van der Waals surface area contributed by atoms with E-state index in [1.807, 2.05) is 0 Å². The van der Waals surface area contributed by atoms with Crippen molar-refractivity contribution < 1.29 is 24.6 Å². The van der Waals surface area contributed by atoms with Crippen molar-refractivity contribution in [2.75, 3.05) is 13.1 Å². The smallest absolute Gasteiger partial charge is 0.326 e. The number of amides is 3. The Bertz CT molecular complexity index is 333.